The number of fused-ring (bicyclic) bond motifs is 1. The van der Waals surface area contributed by atoms with Crippen LogP contribution in [0, 0.1) is 11.3 Å². The van der Waals surface area contributed by atoms with Crippen molar-refractivity contribution in [1.82, 2.24) is 19.9 Å². The van der Waals surface area contributed by atoms with E-state index in [-0.39, 0.29) is 23.1 Å². The molecular weight excluding hydrogens is 400 g/mol. The van der Waals surface area contributed by atoms with Crippen LogP contribution >= 0.6 is 11.3 Å². The summed E-state index contributed by atoms with van der Waals surface area (Å²) in [5.41, 5.74) is 3.68. The number of likely N-dealkylation sites (tertiary alicyclic amines) is 2. The maximum absolute atomic E-state index is 12.9. The number of aryl methyl sites for hydroxylation is 1. The quantitative estimate of drug-likeness (QED) is 0.632. The predicted molar refractivity (Wildman–Crippen MR) is 111 cm³/mol. The Morgan fingerprint density at radius 1 is 1.07 bits per heavy atom. The van der Waals surface area contributed by atoms with Crippen molar-refractivity contribution < 1.29 is 14.1 Å². The third kappa shape index (κ3) is 3.41. The molecule has 30 heavy (non-hydrogen) atoms. The van der Waals surface area contributed by atoms with Gasteiger partial charge >= 0.3 is 0 Å². The Morgan fingerprint density at radius 2 is 1.80 bits per heavy atom. The molecule has 1 aromatic carbocycles. The van der Waals surface area contributed by atoms with E-state index < -0.39 is 0 Å². The van der Waals surface area contributed by atoms with Gasteiger partial charge in [-0.05, 0) is 18.4 Å². The molecule has 0 bridgehead atoms. The van der Waals surface area contributed by atoms with E-state index in [0.29, 0.717) is 37.6 Å². The number of aromatic nitrogens is 2. The summed E-state index contributed by atoms with van der Waals surface area (Å²) in [6.45, 7) is 2.54. The Bertz CT molecular complexity index is 962. The van der Waals surface area contributed by atoms with E-state index in [9.17, 15) is 9.59 Å². The maximum atomic E-state index is 12.9. The highest BCUT2D eigenvalue weighted by molar-refractivity contribution is 7.07. The Balaban J connectivity index is 1.37. The molecule has 4 heterocycles. The van der Waals surface area contributed by atoms with Crippen LogP contribution in [0.25, 0.3) is 0 Å². The van der Waals surface area contributed by atoms with Crippen LogP contribution in [0.2, 0.25) is 0 Å². The SMILES string of the molecule is O=C(c1cscn1)N1C[C@@H]2CN(C(=O)c3ccon3)C[C@]2(CCc2ccccc2)C1. The fourth-order valence-electron chi connectivity index (χ4n) is 4.85. The van der Waals surface area contributed by atoms with E-state index in [1.807, 2.05) is 28.0 Å². The standard InChI is InChI=1S/C22H22N4O3S/c27-20(18-7-9-29-24-18)25-10-17-11-26(21(28)19-12-30-15-23-19)14-22(17,13-25)8-6-16-4-2-1-3-5-16/h1-5,7,9,12,15,17H,6,8,10-11,13-14H2/t17-,22+/m0/s1. The predicted octanol–water partition coefficient (Wildman–Crippen LogP) is 2.98. The van der Waals surface area contributed by atoms with Gasteiger partial charge in [-0.2, -0.15) is 0 Å². The summed E-state index contributed by atoms with van der Waals surface area (Å²) in [5.74, 6) is 0.119. The monoisotopic (exact) mass is 422 g/mol. The molecule has 2 saturated heterocycles. The molecule has 0 N–H and O–H groups in total. The maximum Gasteiger partial charge on any atom is 0.276 e. The molecule has 5 rings (SSSR count). The lowest BCUT2D eigenvalue weighted by Gasteiger charge is -2.29. The Kier molecular flexibility index (Phi) is 4.86. The summed E-state index contributed by atoms with van der Waals surface area (Å²) in [6.07, 6.45) is 3.26. The minimum atomic E-state index is -0.124. The van der Waals surface area contributed by atoms with Crippen LogP contribution in [-0.4, -0.2) is 57.9 Å². The fraction of sp³-hybridized carbons (Fsp3) is 0.364. The molecule has 2 fully saturated rings. The van der Waals surface area contributed by atoms with Crippen molar-refractivity contribution in [3.05, 3.63) is 70.5 Å². The minimum Gasteiger partial charge on any atom is -0.364 e. The van der Waals surface area contributed by atoms with E-state index >= 15 is 0 Å². The molecule has 2 amide bonds. The van der Waals surface area contributed by atoms with Gasteiger partial charge in [-0.15, -0.1) is 11.3 Å². The number of hydrogen-bond acceptors (Lipinski definition) is 6. The van der Waals surface area contributed by atoms with Crippen LogP contribution in [0.15, 0.2) is 58.1 Å². The van der Waals surface area contributed by atoms with Crippen LogP contribution in [0.4, 0.5) is 0 Å². The lowest BCUT2D eigenvalue weighted by atomic mass is 9.76. The number of benzene rings is 1. The second kappa shape index (κ2) is 7.68. The van der Waals surface area contributed by atoms with Gasteiger partial charge in [-0.1, -0.05) is 35.5 Å². The van der Waals surface area contributed by atoms with E-state index in [0.717, 1.165) is 12.8 Å². The Hall–Kier alpha value is -3.00. The number of hydrogen-bond donors (Lipinski definition) is 0. The smallest absolute Gasteiger partial charge is 0.276 e. The van der Waals surface area contributed by atoms with E-state index in [1.54, 1.807) is 17.0 Å². The average molecular weight is 423 g/mol. The molecule has 0 radical (unpaired) electrons. The molecule has 2 aromatic heterocycles. The third-order valence-electron chi connectivity index (χ3n) is 6.40. The normalized spacial score (nSPS) is 23.0. The highest BCUT2D eigenvalue weighted by Crippen LogP contribution is 2.46. The van der Waals surface area contributed by atoms with Gasteiger partial charge in [-0.3, -0.25) is 9.59 Å². The first-order chi connectivity index (χ1) is 14.6. The zero-order chi connectivity index (χ0) is 20.6. The number of thiazole rings is 1. The molecule has 0 saturated carbocycles. The van der Waals surface area contributed by atoms with E-state index in [2.05, 4.69) is 22.3 Å². The van der Waals surface area contributed by atoms with Crippen LogP contribution < -0.4 is 0 Å². The molecule has 0 spiro atoms. The molecule has 2 atom stereocenters. The first-order valence-corrected chi connectivity index (χ1v) is 11.0. The zero-order valence-corrected chi connectivity index (χ0v) is 17.3. The van der Waals surface area contributed by atoms with E-state index in [1.165, 1.54) is 23.2 Å². The minimum absolute atomic E-state index is 0.0147. The van der Waals surface area contributed by atoms with Gasteiger partial charge in [0.2, 0.25) is 0 Å². The number of carbonyl (C=O) groups is 2. The second-order valence-corrected chi connectivity index (χ2v) is 8.89. The summed E-state index contributed by atoms with van der Waals surface area (Å²) in [5, 5.41) is 5.61. The van der Waals surface area contributed by atoms with Gasteiger partial charge in [0.15, 0.2) is 5.69 Å². The number of rotatable bonds is 5. The Labute approximate surface area is 178 Å². The van der Waals surface area contributed by atoms with Crippen molar-refractivity contribution >= 4 is 23.2 Å². The summed E-state index contributed by atoms with van der Waals surface area (Å²) >= 11 is 1.43. The average Bonchev–Trinajstić information content (AvgIpc) is 3.56. The molecule has 2 aliphatic rings. The third-order valence-corrected chi connectivity index (χ3v) is 6.98. The van der Waals surface area contributed by atoms with Gasteiger partial charge in [0, 0.05) is 49.0 Å². The number of carbonyl (C=O) groups excluding carboxylic acids is 2. The van der Waals surface area contributed by atoms with Crippen molar-refractivity contribution in [3.8, 4) is 0 Å². The first-order valence-electron chi connectivity index (χ1n) is 10.1. The molecular formula is C22H22N4O3S. The van der Waals surface area contributed by atoms with Crippen LogP contribution in [0.5, 0.6) is 0 Å². The van der Waals surface area contributed by atoms with Crippen molar-refractivity contribution in [2.75, 3.05) is 26.2 Å². The Morgan fingerprint density at radius 3 is 2.43 bits per heavy atom. The highest BCUT2D eigenvalue weighted by Gasteiger charge is 2.54. The van der Waals surface area contributed by atoms with Crippen LogP contribution in [0.3, 0.4) is 0 Å². The largest absolute Gasteiger partial charge is 0.364 e. The summed E-state index contributed by atoms with van der Waals surface area (Å²) in [6, 6.07) is 12.0. The molecule has 3 aromatic rings. The lowest BCUT2D eigenvalue weighted by molar-refractivity contribution is 0.0703. The van der Waals surface area contributed by atoms with Crippen molar-refractivity contribution in [3.63, 3.8) is 0 Å². The van der Waals surface area contributed by atoms with Gasteiger partial charge in [0.05, 0.1) is 5.51 Å². The van der Waals surface area contributed by atoms with Crippen LogP contribution in [0.1, 0.15) is 33.0 Å². The topological polar surface area (TPSA) is 79.5 Å². The van der Waals surface area contributed by atoms with Gasteiger partial charge in [-0.25, -0.2) is 4.98 Å². The van der Waals surface area contributed by atoms with Gasteiger partial charge in [0.25, 0.3) is 11.8 Å². The lowest BCUT2D eigenvalue weighted by Crippen LogP contribution is -2.39. The molecule has 2 aliphatic heterocycles. The molecule has 0 aliphatic carbocycles. The molecule has 8 heteroatoms. The molecule has 7 nitrogen and oxygen atoms in total. The summed E-state index contributed by atoms with van der Waals surface area (Å²) in [4.78, 5) is 33.8. The van der Waals surface area contributed by atoms with Crippen LogP contribution in [-0.2, 0) is 6.42 Å². The summed E-state index contributed by atoms with van der Waals surface area (Å²) < 4.78 is 4.85. The first kappa shape index (κ1) is 19.0. The number of nitrogens with zero attached hydrogens (tertiary/aromatic N) is 4. The summed E-state index contributed by atoms with van der Waals surface area (Å²) in [7, 11) is 0. The molecule has 0 unspecified atom stereocenters. The van der Waals surface area contributed by atoms with E-state index in [4.69, 9.17) is 4.52 Å². The zero-order valence-electron chi connectivity index (χ0n) is 16.4. The van der Waals surface area contributed by atoms with Crippen molar-refractivity contribution in [1.29, 1.82) is 0 Å². The molecule has 154 valence electrons. The number of amides is 2. The highest BCUT2D eigenvalue weighted by atomic mass is 32.1. The van der Waals surface area contributed by atoms with Crippen molar-refractivity contribution in [2.45, 2.75) is 12.8 Å². The van der Waals surface area contributed by atoms with Gasteiger partial charge in [0.1, 0.15) is 12.0 Å². The fourth-order valence-corrected chi connectivity index (χ4v) is 5.38. The second-order valence-electron chi connectivity index (χ2n) is 8.17. The van der Waals surface area contributed by atoms with Gasteiger partial charge < -0.3 is 14.3 Å². The van der Waals surface area contributed by atoms with Crippen molar-refractivity contribution in [2.24, 2.45) is 11.3 Å².